The number of carbonyl (C=O) groups is 1. The SMILES string of the molecule is C=CCN(C(=O)c1cccc(C)c1)c1nc(-c2ccc(S(C)(=O)=O)cc2)cs1. The third-order valence-corrected chi connectivity index (χ3v) is 6.12. The van der Waals surface area contributed by atoms with Gasteiger partial charge in [-0.1, -0.05) is 35.9 Å². The molecular weight excluding hydrogens is 392 g/mol. The maximum absolute atomic E-state index is 13.0. The van der Waals surface area contributed by atoms with E-state index >= 15 is 0 Å². The highest BCUT2D eigenvalue weighted by molar-refractivity contribution is 7.90. The van der Waals surface area contributed by atoms with Crippen LogP contribution in [0.15, 0.2) is 71.5 Å². The summed E-state index contributed by atoms with van der Waals surface area (Å²) in [6.07, 6.45) is 2.84. The molecule has 0 fully saturated rings. The standard InChI is InChI=1S/C21H20N2O3S2/c1-4-12-23(20(24)17-7-5-6-15(2)13-17)21-22-19(14-27-21)16-8-10-18(11-9-16)28(3,25)26/h4-11,13-14H,1,12H2,2-3H3. The molecule has 0 aliphatic rings. The third kappa shape index (κ3) is 4.37. The molecule has 0 spiro atoms. The molecule has 3 aromatic rings. The molecule has 0 saturated heterocycles. The molecule has 0 bridgehead atoms. The van der Waals surface area contributed by atoms with Gasteiger partial charge in [-0.2, -0.15) is 0 Å². The number of anilines is 1. The van der Waals surface area contributed by atoms with E-state index < -0.39 is 9.84 Å². The average Bonchev–Trinajstić information content (AvgIpc) is 3.15. The van der Waals surface area contributed by atoms with E-state index in [2.05, 4.69) is 11.6 Å². The Bertz CT molecular complexity index is 1120. The van der Waals surface area contributed by atoms with Crippen molar-refractivity contribution in [1.29, 1.82) is 0 Å². The van der Waals surface area contributed by atoms with Gasteiger partial charge in [-0.3, -0.25) is 9.69 Å². The highest BCUT2D eigenvalue weighted by Gasteiger charge is 2.20. The molecule has 5 nitrogen and oxygen atoms in total. The Morgan fingerprint density at radius 2 is 1.93 bits per heavy atom. The van der Waals surface area contributed by atoms with Crippen LogP contribution in [0.4, 0.5) is 5.13 Å². The van der Waals surface area contributed by atoms with Crippen LogP contribution in [-0.2, 0) is 9.84 Å². The number of sulfone groups is 1. The van der Waals surface area contributed by atoms with Crippen LogP contribution >= 0.6 is 11.3 Å². The molecule has 28 heavy (non-hydrogen) atoms. The number of nitrogens with zero attached hydrogens (tertiary/aromatic N) is 2. The molecule has 1 amide bonds. The summed E-state index contributed by atoms with van der Waals surface area (Å²) >= 11 is 1.36. The van der Waals surface area contributed by atoms with Gasteiger partial charge in [0.05, 0.1) is 10.6 Å². The minimum Gasteiger partial charge on any atom is -0.280 e. The molecule has 0 radical (unpaired) electrons. The molecule has 0 N–H and O–H groups in total. The summed E-state index contributed by atoms with van der Waals surface area (Å²) in [4.78, 5) is 19.4. The number of carbonyl (C=O) groups excluding carboxylic acids is 1. The number of amides is 1. The van der Waals surface area contributed by atoms with Gasteiger partial charge in [0.1, 0.15) is 0 Å². The molecule has 0 atom stereocenters. The fourth-order valence-corrected chi connectivity index (χ4v) is 4.18. The number of hydrogen-bond acceptors (Lipinski definition) is 5. The van der Waals surface area contributed by atoms with Crippen LogP contribution in [0, 0.1) is 6.92 Å². The van der Waals surface area contributed by atoms with Gasteiger partial charge in [0.25, 0.3) is 5.91 Å². The summed E-state index contributed by atoms with van der Waals surface area (Å²) in [5, 5.41) is 2.42. The van der Waals surface area contributed by atoms with Crippen LogP contribution < -0.4 is 4.90 Å². The Balaban J connectivity index is 1.91. The molecule has 7 heteroatoms. The summed E-state index contributed by atoms with van der Waals surface area (Å²) in [7, 11) is -3.24. The molecule has 0 aliphatic carbocycles. The van der Waals surface area contributed by atoms with Crippen molar-refractivity contribution in [1.82, 2.24) is 4.98 Å². The summed E-state index contributed by atoms with van der Waals surface area (Å²) in [6, 6.07) is 14.0. The average molecular weight is 413 g/mol. The largest absolute Gasteiger partial charge is 0.280 e. The van der Waals surface area contributed by atoms with Crippen LogP contribution in [0.3, 0.4) is 0 Å². The lowest BCUT2D eigenvalue weighted by Gasteiger charge is -2.18. The minimum atomic E-state index is -3.24. The number of benzene rings is 2. The van der Waals surface area contributed by atoms with Gasteiger partial charge < -0.3 is 0 Å². The van der Waals surface area contributed by atoms with Crippen LogP contribution in [0.5, 0.6) is 0 Å². The fourth-order valence-electron chi connectivity index (χ4n) is 2.70. The first-order chi connectivity index (χ1) is 13.3. The lowest BCUT2D eigenvalue weighted by Crippen LogP contribution is -2.31. The first-order valence-corrected chi connectivity index (χ1v) is 11.3. The quantitative estimate of drug-likeness (QED) is 0.565. The summed E-state index contributed by atoms with van der Waals surface area (Å²) in [6.45, 7) is 6.02. The highest BCUT2D eigenvalue weighted by atomic mass is 32.2. The number of rotatable bonds is 6. The van der Waals surface area contributed by atoms with Gasteiger partial charge in [-0.25, -0.2) is 13.4 Å². The normalized spacial score (nSPS) is 11.2. The van der Waals surface area contributed by atoms with Crippen LogP contribution in [0.2, 0.25) is 0 Å². The van der Waals surface area contributed by atoms with Gasteiger partial charge in [-0.05, 0) is 31.2 Å². The van der Waals surface area contributed by atoms with Gasteiger partial charge >= 0.3 is 0 Å². The van der Waals surface area contributed by atoms with Gasteiger partial charge in [0, 0.05) is 29.3 Å². The molecule has 3 rings (SSSR count). The Morgan fingerprint density at radius 3 is 2.54 bits per heavy atom. The Labute approximate surface area is 168 Å². The van der Waals surface area contributed by atoms with Gasteiger partial charge in [0.15, 0.2) is 15.0 Å². The molecule has 144 valence electrons. The van der Waals surface area contributed by atoms with Crippen molar-refractivity contribution >= 4 is 32.2 Å². The number of thiazole rings is 1. The lowest BCUT2D eigenvalue weighted by atomic mass is 10.1. The third-order valence-electron chi connectivity index (χ3n) is 4.12. The first kappa shape index (κ1) is 20.0. The second-order valence-electron chi connectivity index (χ2n) is 6.39. The predicted molar refractivity (Wildman–Crippen MR) is 114 cm³/mol. The van der Waals surface area contributed by atoms with Crippen molar-refractivity contribution in [3.05, 3.63) is 77.7 Å². The molecule has 2 aromatic carbocycles. The van der Waals surface area contributed by atoms with Crippen molar-refractivity contribution in [3.8, 4) is 11.3 Å². The summed E-state index contributed by atoms with van der Waals surface area (Å²) in [5.41, 5.74) is 3.08. The van der Waals surface area contributed by atoms with Gasteiger partial charge in [0.2, 0.25) is 0 Å². The Morgan fingerprint density at radius 1 is 1.21 bits per heavy atom. The van der Waals surface area contributed by atoms with Crippen LogP contribution in [0.1, 0.15) is 15.9 Å². The minimum absolute atomic E-state index is 0.142. The second-order valence-corrected chi connectivity index (χ2v) is 9.24. The van der Waals surface area contributed by atoms with Crippen molar-refractivity contribution in [2.24, 2.45) is 0 Å². The first-order valence-electron chi connectivity index (χ1n) is 8.55. The molecule has 0 aliphatic heterocycles. The van der Waals surface area contributed by atoms with E-state index in [0.29, 0.717) is 22.9 Å². The fraction of sp³-hybridized carbons (Fsp3) is 0.143. The molecule has 1 heterocycles. The number of aryl methyl sites for hydroxylation is 1. The van der Waals surface area contributed by atoms with E-state index in [0.717, 1.165) is 11.1 Å². The molecule has 1 aromatic heterocycles. The van der Waals surface area contributed by atoms with E-state index in [-0.39, 0.29) is 10.8 Å². The summed E-state index contributed by atoms with van der Waals surface area (Å²) in [5.74, 6) is -0.142. The van der Waals surface area contributed by atoms with Gasteiger partial charge in [-0.15, -0.1) is 17.9 Å². The van der Waals surface area contributed by atoms with E-state index in [1.807, 2.05) is 30.5 Å². The predicted octanol–water partition coefficient (Wildman–Crippen LogP) is 4.35. The Hall–Kier alpha value is -2.77. The second kappa shape index (κ2) is 8.08. The number of hydrogen-bond donors (Lipinski definition) is 0. The summed E-state index contributed by atoms with van der Waals surface area (Å²) < 4.78 is 23.2. The zero-order valence-electron chi connectivity index (χ0n) is 15.6. The Kier molecular flexibility index (Phi) is 5.76. The van der Waals surface area contributed by atoms with Crippen molar-refractivity contribution in [2.75, 3.05) is 17.7 Å². The van der Waals surface area contributed by atoms with E-state index in [4.69, 9.17) is 0 Å². The lowest BCUT2D eigenvalue weighted by molar-refractivity contribution is 0.0989. The number of aromatic nitrogens is 1. The highest BCUT2D eigenvalue weighted by Crippen LogP contribution is 2.29. The van der Waals surface area contributed by atoms with Crippen LogP contribution in [0.25, 0.3) is 11.3 Å². The topological polar surface area (TPSA) is 67.3 Å². The smallest absolute Gasteiger partial charge is 0.260 e. The van der Waals surface area contributed by atoms with Crippen molar-refractivity contribution in [3.63, 3.8) is 0 Å². The maximum Gasteiger partial charge on any atom is 0.260 e. The van der Waals surface area contributed by atoms with E-state index in [9.17, 15) is 13.2 Å². The molecule has 0 saturated carbocycles. The zero-order chi connectivity index (χ0) is 20.3. The monoisotopic (exact) mass is 412 g/mol. The van der Waals surface area contributed by atoms with Crippen molar-refractivity contribution in [2.45, 2.75) is 11.8 Å². The molecular formula is C21H20N2O3S2. The van der Waals surface area contributed by atoms with Crippen LogP contribution in [-0.4, -0.2) is 32.1 Å². The van der Waals surface area contributed by atoms with Crippen molar-refractivity contribution < 1.29 is 13.2 Å². The molecule has 0 unspecified atom stereocenters. The van der Waals surface area contributed by atoms with E-state index in [1.165, 1.54) is 17.6 Å². The maximum atomic E-state index is 13.0. The zero-order valence-corrected chi connectivity index (χ0v) is 17.3. The van der Waals surface area contributed by atoms with E-state index in [1.54, 1.807) is 41.3 Å².